The number of hydroxylamine groups is 1. The van der Waals surface area contributed by atoms with E-state index in [4.69, 9.17) is 9.94 Å². The van der Waals surface area contributed by atoms with Gasteiger partial charge in [0.05, 0.1) is 0 Å². The molecule has 0 radical (unpaired) electrons. The van der Waals surface area contributed by atoms with Crippen LogP contribution in [0.1, 0.15) is 21.5 Å². The molecule has 1 unspecified atom stereocenters. The fourth-order valence-corrected chi connectivity index (χ4v) is 3.10. The minimum atomic E-state index is -0.709. The molecule has 3 aromatic rings. The van der Waals surface area contributed by atoms with Crippen LogP contribution >= 0.6 is 11.3 Å². The molecular formula is C17H15N3O3S. The van der Waals surface area contributed by atoms with Crippen molar-refractivity contribution in [3.8, 4) is 5.75 Å². The lowest BCUT2D eigenvalue weighted by Crippen LogP contribution is -2.27. The molecule has 3 rings (SSSR count). The molecule has 0 saturated carbocycles. The lowest BCUT2D eigenvalue weighted by atomic mass is 9.99. The van der Waals surface area contributed by atoms with Crippen LogP contribution in [0.3, 0.4) is 0 Å². The van der Waals surface area contributed by atoms with Gasteiger partial charge in [-0.1, -0.05) is 59.9 Å². The highest BCUT2D eigenvalue weighted by atomic mass is 32.1. The number of hydrogen-bond acceptors (Lipinski definition) is 6. The molecule has 0 aliphatic heterocycles. The predicted octanol–water partition coefficient (Wildman–Crippen LogP) is 2.75. The summed E-state index contributed by atoms with van der Waals surface area (Å²) in [5.41, 5.74) is 2.43. The molecule has 0 fully saturated rings. The molecule has 0 aliphatic carbocycles. The molecule has 1 atom stereocenters. The van der Waals surface area contributed by atoms with E-state index < -0.39 is 11.8 Å². The maximum absolute atomic E-state index is 12.0. The van der Waals surface area contributed by atoms with Crippen LogP contribution in [0.5, 0.6) is 5.75 Å². The van der Waals surface area contributed by atoms with Crippen molar-refractivity contribution in [2.75, 3.05) is 0 Å². The van der Waals surface area contributed by atoms with Crippen molar-refractivity contribution in [3.63, 3.8) is 0 Å². The van der Waals surface area contributed by atoms with Gasteiger partial charge in [0.25, 0.3) is 5.91 Å². The number of para-hydroxylation sites is 1. The second kappa shape index (κ2) is 7.67. The zero-order valence-electron chi connectivity index (χ0n) is 12.6. The molecule has 1 heterocycles. The molecule has 1 aromatic heterocycles. The van der Waals surface area contributed by atoms with Gasteiger partial charge < -0.3 is 4.74 Å². The van der Waals surface area contributed by atoms with Crippen LogP contribution in [0.15, 0.2) is 60.7 Å². The van der Waals surface area contributed by atoms with Gasteiger partial charge in [0.2, 0.25) is 0 Å². The van der Waals surface area contributed by atoms with Gasteiger partial charge >= 0.3 is 0 Å². The number of hydrogen-bond donors (Lipinski definition) is 2. The number of carbonyl (C=O) groups excluding carboxylic acids is 1. The monoisotopic (exact) mass is 341 g/mol. The average molecular weight is 341 g/mol. The van der Waals surface area contributed by atoms with Crippen LogP contribution < -0.4 is 10.2 Å². The number of nitrogens with one attached hydrogen (secondary N) is 1. The molecule has 122 valence electrons. The molecule has 0 bridgehead atoms. The maximum atomic E-state index is 12.0. The number of nitrogens with zero attached hydrogens (tertiary/aromatic N) is 2. The average Bonchev–Trinajstić information content (AvgIpc) is 3.10. The van der Waals surface area contributed by atoms with Gasteiger partial charge in [0.1, 0.15) is 23.3 Å². The van der Waals surface area contributed by atoms with E-state index in [1.165, 1.54) is 11.3 Å². The normalized spacial score (nSPS) is 11.7. The summed E-state index contributed by atoms with van der Waals surface area (Å²) in [5, 5.41) is 18.3. The Bertz CT molecular complexity index is 793. The highest BCUT2D eigenvalue weighted by Crippen LogP contribution is 2.28. The largest absolute Gasteiger partial charge is 0.486 e. The first-order valence-electron chi connectivity index (χ1n) is 7.27. The van der Waals surface area contributed by atoms with Crippen LogP contribution in [0.2, 0.25) is 0 Å². The van der Waals surface area contributed by atoms with E-state index in [0.717, 1.165) is 11.3 Å². The van der Waals surface area contributed by atoms with Gasteiger partial charge in [-0.3, -0.25) is 10.0 Å². The van der Waals surface area contributed by atoms with Gasteiger partial charge in [0, 0.05) is 0 Å². The first-order chi connectivity index (χ1) is 11.8. The second-order valence-corrected chi connectivity index (χ2v) is 6.05. The van der Waals surface area contributed by atoms with E-state index in [0.29, 0.717) is 10.0 Å². The van der Waals surface area contributed by atoms with Gasteiger partial charge in [-0.05, 0) is 17.7 Å². The molecule has 6 nitrogen and oxygen atoms in total. The Morgan fingerprint density at radius 2 is 1.75 bits per heavy atom. The van der Waals surface area contributed by atoms with Crippen molar-refractivity contribution in [2.45, 2.75) is 12.5 Å². The van der Waals surface area contributed by atoms with Gasteiger partial charge in [-0.15, -0.1) is 10.2 Å². The third kappa shape index (κ3) is 3.76. The van der Waals surface area contributed by atoms with Crippen LogP contribution in [0.4, 0.5) is 0 Å². The van der Waals surface area contributed by atoms with E-state index in [9.17, 15) is 4.79 Å². The maximum Gasteiger partial charge on any atom is 0.257 e. The van der Waals surface area contributed by atoms with Crippen LogP contribution in [0.25, 0.3) is 0 Å². The van der Waals surface area contributed by atoms with Crippen molar-refractivity contribution in [3.05, 3.63) is 76.2 Å². The van der Waals surface area contributed by atoms with Crippen molar-refractivity contribution in [1.29, 1.82) is 0 Å². The molecule has 7 heteroatoms. The SMILES string of the molecule is O=C(NO)C(c1ccccc1)c1nnc(COc2ccccc2)s1. The number of aromatic nitrogens is 2. The van der Waals surface area contributed by atoms with Crippen molar-refractivity contribution >= 4 is 17.2 Å². The first kappa shape index (κ1) is 16.1. The third-order valence-corrected chi connectivity index (χ3v) is 4.30. The third-order valence-electron chi connectivity index (χ3n) is 3.34. The Labute approximate surface area is 142 Å². The van der Waals surface area contributed by atoms with Crippen molar-refractivity contribution in [2.24, 2.45) is 0 Å². The van der Waals surface area contributed by atoms with E-state index in [1.54, 1.807) is 17.6 Å². The van der Waals surface area contributed by atoms with Crippen molar-refractivity contribution < 1.29 is 14.7 Å². The highest BCUT2D eigenvalue weighted by Gasteiger charge is 2.26. The minimum absolute atomic E-state index is 0.268. The standard InChI is InChI=1S/C17H15N3O3S/c21-16(20-22)15(12-7-3-1-4-8-12)17-19-18-14(24-17)11-23-13-9-5-2-6-10-13/h1-10,15,22H,11H2,(H,20,21). The van der Waals surface area contributed by atoms with E-state index >= 15 is 0 Å². The zero-order chi connectivity index (χ0) is 16.8. The predicted molar refractivity (Wildman–Crippen MR) is 88.9 cm³/mol. The van der Waals surface area contributed by atoms with Gasteiger partial charge in [-0.25, -0.2) is 5.48 Å². The Balaban J connectivity index is 1.78. The number of amides is 1. The van der Waals surface area contributed by atoms with Crippen LogP contribution in [-0.4, -0.2) is 21.3 Å². The number of carbonyl (C=O) groups is 1. The van der Waals surface area contributed by atoms with Crippen LogP contribution in [0, 0.1) is 0 Å². The fraction of sp³-hybridized carbons (Fsp3) is 0.118. The minimum Gasteiger partial charge on any atom is -0.486 e. The molecule has 1 amide bonds. The molecule has 0 saturated heterocycles. The number of benzene rings is 2. The Hall–Kier alpha value is -2.77. The van der Waals surface area contributed by atoms with Crippen molar-refractivity contribution in [1.82, 2.24) is 15.7 Å². The van der Waals surface area contributed by atoms with E-state index in [1.807, 2.05) is 48.5 Å². The Morgan fingerprint density at radius 3 is 2.42 bits per heavy atom. The molecule has 0 aliphatic rings. The Kier molecular flexibility index (Phi) is 5.15. The summed E-state index contributed by atoms with van der Waals surface area (Å²) in [5.74, 6) is -0.519. The van der Waals surface area contributed by atoms with Gasteiger partial charge in [0.15, 0.2) is 5.01 Å². The smallest absolute Gasteiger partial charge is 0.257 e. The van der Waals surface area contributed by atoms with Gasteiger partial charge in [-0.2, -0.15) is 0 Å². The summed E-state index contributed by atoms with van der Waals surface area (Å²) in [6.07, 6.45) is 0. The Morgan fingerprint density at radius 1 is 1.08 bits per heavy atom. The lowest BCUT2D eigenvalue weighted by molar-refractivity contribution is -0.129. The summed E-state index contributed by atoms with van der Waals surface area (Å²) >= 11 is 1.28. The summed E-state index contributed by atoms with van der Waals surface area (Å²) < 4.78 is 5.64. The first-order valence-corrected chi connectivity index (χ1v) is 8.08. The molecular weight excluding hydrogens is 326 g/mol. The van der Waals surface area contributed by atoms with Crippen LogP contribution in [-0.2, 0) is 11.4 Å². The summed E-state index contributed by atoms with van der Waals surface area (Å²) in [4.78, 5) is 12.0. The van der Waals surface area contributed by atoms with E-state index in [2.05, 4.69) is 10.2 Å². The summed E-state index contributed by atoms with van der Waals surface area (Å²) in [7, 11) is 0. The molecule has 2 aromatic carbocycles. The topological polar surface area (TPSA) is 84.3 Å². The highest BCUT2D eigenvalue weighted by molar-refractivity contribution is 7.11. The summed E-state index contributed by atoms with van der Waals surface area (Å²) in [6, 6.07) is 18.5. The summed E-state index contributed by atoms with van der Waals surface area (Å²) in [6.45, 7) is 0.268. The quantitative estimate of drug-likeness (QED) is 0.532. The lowest BCUT2D eigenvalue weighted by Gasteiger charge is -2.11. The molecule has 24 heavy (non-hydrogen) atoms. The number of ether oxygens (including phenoxy) is 1. The zero-order valence-corrected chi connectivity index (χ0v) is 13.4. The fourth-order valence-electron chi connectivity index (χ4n) is 2.22. The number of rotatable bonds is 6. The molecule has 2 N–H and O–H groups in total. The van der Waals surface area contributed by atoms with E-state index in [-0.39, 0.29) is 6.61 Å². The molecule has 0 spiro atoms. The second-order valence-electron chi connectivity index (χ2n) is 4.96.